The molecule has 0 unspecified atom stereocenters. The minimum Gasteiger partial charge on any atom is -0.290 e. The summed E-state index contributed by atoms with van der Waals surface area (Å²) in [6, 6.07) is 9.18. The van der Waals surface area contributed by atoms with Crippen molar-refractivity contribution in [3.63, 3.8) is 0 Å². The zero-order chi connectivity index (χ0) is 17.3. The molecule has 0 spiro atoms. The molecular formula is C16H15ClN6O. The summed E-state index contributed by atoms with van der Waals surface area (Å²) in [6.45, 7) is 5.37. The molecule has 1 N–H and O–H groups in total. The fraction of sp³-hybridized carbons (Fsp3) is 0.188. The smallest absolute Gasteiger partial charge is 0.290 e. The molecule has 122 valence electrons. The molecule has 2 aromatic heterocycles. The molecule has 0 aliphatic heterocycles. The lowest BCUT2D eigenvalue weighted by Crippen LogP contribution is -2.18. The van der Waals surface area contributed by atoms with Crippen LogP contribution in [-0.4, -0.2) is 19.7 Å². The summed E-state index contributed by atoms with van der Waals surface area (Å²) < 4.78 is 1.22. The molecule has 7 nitrogen and oxygen atoms in total. The third-order valence-electron chi connectivity index (χ3n) is 3.58. The van der Waals surface area contributed by atoms with E-state index in [2.05, 4.69) is 25.3 Å². The van der Waals surface area contributed by atoms with Crippen LogP contribution >= 0.6 is 11.6 Å². The van der Waals surface area contributed by atoms with Crippen LogP contribution < -0.4 is 5.56 Å². The molecule has 0 saturated heterocycles. The molecule has 3 rings (SSSR count). The van der Waals surface area contributed by atoms with Crippen LogP contribution in [0.2, 0.25) is 5.15 Å². The number of hydrogen-bond acceptors (Lipinski definition) is 5. The predicted molar refractivity (Wildman–Crippen MR) is 91.8 cm³/mol. The van der Waals surface area contributed by atoms with Crippen LogP contribution in [0, 0.1) is 20.8 Å². The van der Waals surface area contributed by atoms with E-state index in [0.29, 0.717) is 22.2 Å². The van der Waals surface area contributed by atoms with Crippen molar-refractivity contribution < 1.29 is 0 Å². The summed E-state index contributed by atoms with van der Waals surface area (Å²) in [7, 11) is 0. The Bertz CT molecular complexity index is 951. The number of rotatable bonds is 3. The topological polar surface area (TPSA) is 88.3 Å². The summed E-state index contributed by atoms with van der Waals surface area (Å²) >= 11 is 6.09. The maximum atomic E-state index is 12.6. The van der Waals surface area contributed by atoms with Crippen molar-refractivity contribution >= 4 is 23.0 Å². The van der Waals surface area contributed by atoms with Gasteiger partial charge in [0.25, 0.3) is 5.95 Å². The number of halogens is 1. The van der Waals surface area contributed by atoms with Gasteiger partial charge in [0.15, 0.2) is 5.69 Å². The first kappa shape index (κ1) is 16.1. The first-order chi connectivity index (χ1) is 11.5. The van der Waals surface area contributed by atoms with Gasteiger partial charge in [-0.25, -0.2) is 4.98 Å². The number of azo groups is 1. The highest BCUT2D eigenvalue weighted by molar-refractivity contribution is 6.30. The van der Waals surface area contributed by atoms with E-state index in [0.717, 1.165) is 5.56 Å². The zero-order valence-corrected chi connectivity index (χ0v) is 14.2. The third kappa shape index (κ3) is 2.98. The number of H-pyrrole nitrogens is 1. The van der Waals surface area contributed by atoms with Crippen molar-refractivity contribution in [2.45, 2.75) is 20.8 Å². The lowest BCUT2D eigenvalue weighted by atomic mass is 10.3. The zero-order valence-electron chi connectivity index (χ0n) is 13.4. The summed E-state index contributed by atoms with van der Waals surface area (Å²) in [6.07, 6.45) is 0. The van der Waals surface area contributed by atoms with E-state index >= 15 is 0 Å². The van der Waals surface area contributed by atoms with Gasteiger partial charge in [0.05, 0.1) is 11.4 Å². The SMILES string of the molecule is Cc1nc(-n2[nH]c(C)c(N=Nc3ccccc3)c2=O)nc(Cl)c1C. The Kier molecular flexibility index (Phi) is 4.26. The number of benzene rings is 1. The normalized spacial score (nSPS) is 11.3. The number of hydrogen-bond donors (Lipinski definition) is 1. The Morgan fingerprint density at radius 2 is 1.79 bits per heavy atom. The molecule has 0 radical (unpaired) electrons. The van der Waals surface area contributed by atoms with Gasteiger partial charge in [-0.05, 0) is 32.9 Å². The van der Waals surface area contributed by atoms with Crippen molar-refractivity contribution in [1.82, 2.24) is 19.7 Å². The minimum atomic E-state index is -0.383. The first-order valence-electron chi connectivity index (χ1n) is 7.27. The lowest BCUT2D eigenvalue weighted by Gasteiger charge is -2.05. The maximum Gasteiger partial charge on any atom is 0.301 e. The van der Waals surface area contributed by atoms with E-state index in [1.54, 1.807) is 19.1 Å². The summed E-state index contributed by atoms with van der Waals surface area (Å²) in [5, 5.41) is 11.4. The van der Waals surface area contributed by atoms with E-state index in [-0.39, 0.29) is 17.2 Å². The van der Waals surface area contributed by atoms with E-state index in [1.165, 1.54) is 4.68 Å². The first-order valence-corrected chi connectivity index (χ1v) is 7.64. The molecule has 0 fully saturated rings. The monoisotopic (exact) mass is 342 g/mol. The Morgan fingerprint density at radius 1 is 1.08 bits per heavy atom. The molecule has 24 heavy (non-hydrogen) atoms. The standard InChI is InChI=1S/C16H15ClN6O/c1-9-10(2)18-16(19-14(9)17)23-15(24)13(11(3)22-23)21-20-12-7-5-4-6-8-12/h4-8,22H,1-3H3. The van der Waals surface area contributed by atoms with E-state index < -0.39 is 0 Å². The summed E-state index contributed by atoms with van der Waals surface area (Å²) in [4.78, 5) is 21.0. The van der Waals surface area contributed by atoms with Gasteiger partial charge in [0.2, 0.25) is 0 Å². The van der Waals surface area contributed by atoms with Gasteiger partial charge >= 0.3 is 5.56 Å². The Morgan fingerprint density at radius 3 is 2.46 bits per heavy atom. The molecule has 1 aromatic carbocycles. The average molecular weight is 343 g/mol. The second-order valence-electron chi connectivity index (χ2n) is 5.29. The van der Waals surface area contributed by atoms with E-state index in [4.69, 9.17) is 11.6 Å². The second kappa shape index (κ2) is 6.37. The number of aryl methyl sites for hydroxylation is 2. The Hall–Kier alpha value is -2.80. The van der Waals surface area contributed by atoms with E-state index in [1.807, 2.05) is 32.0 Å². The quantitative estimate of drug-likeness (QED) is 0.577. The fourth-order valence-corrected chi connectivity index (χ4v) is 2.29. The van der Waals surface area contributed by atoms with Crippen LogP contribution in [0.1, 0.15) is 17.0 Å². The van der Waals surface area contributed by atoms with Gasteiger partial charge in [-0.2, -0.15) is 14.8 Å². The fourth-order valence-electron chi connectivity index (χ4n) is 2.08. The van der Waals surface area contributed by atoms with Gasteiger partial charge in [-0.3, -0.25) is 9.89 Å². The molecule has 8 heteroatoms. The highest BCUT2D eigenvalue weighted by Crippen LogP contribution is 2.19. The number of aromatic amines is 1. The molecule has 0 aliphatic carbocycles. The van der Waals surface area contributed by atoms with Gasteiger partial charge in [-0.15, -0.1) is 5.11 Å². The van der Waals surface area contributed by atoms with Gasteiger partial charge < -0.3 is 0 Å². The molecule has 3 aromatic rings. The van der Waals surface area contributed by atoms with Crippen molar-refractivity contribution in [3.8, 4) is 5.95 Å². The highest BCUT2D eigenvalue weighted by atomic mass is 35.5. The predicted octanol–water partition coefficient (Wildman–Crippen LogP) is 3.95. The van der Waals surface area contributed by atoms with Crippen molar-refractivity contribution in [2.75, 3.05) is 0 Å². The van der Waals surface area contributed by atoms with Crippen LogP contribution in [-0.2, 0) is 0 Å². The van der Waals surface area contributed by atoms with Crippen LogP contribution in [0.5, 0.6) is 0 Å². The van der Waals surface area contributed by atoms with Gasteiger partial charge in [0.1, 0.15) is 5.15 Å². The number of nitrogens with zero attached hydrogens (tertiary/aromatic N) is 5. The lowest BCUT2D eigenvalue weighted by molar-refractivity contribution is 0.766. The summed E-state index contributed by atoms with van der Waals surface area (Å²) in [5.74, 6) is 0.178. The number of nitrogens with one attached hydrogen (secondary N) is 1. The van der Waals surface area contributed by atoms with Crippen molar-refractivity contribution in [3.05, 3.63) is 62.8 Å². The van der Waals surface area contributed by atoms with Crippen molar-refractivity contribution in [1.29, 1.82) is 0 Å². The largest absolute Gasteiger partial charge is 0.301 e. The molecule has 0 aliphatic rings. The van der Waals surface area contributed by atoms with Crippen molar-refractivity contribution in [2.24, 2.45) is 10.2 Å². The van der Waals surface area contributed by atoms with Gasteiger partial charge in [-0.1, -0.05) is 29.8 Å². The van der Waals surface area contributed by atoms with Crippen LogP contribution in [0.15, 0.2) is 45.4 Å². The van der Waals surface area contributed by atoms with Crippen LogP contribution in [0.4, 0.5) is 11.4 Å². The van der Waals surface area contributed by atoms with E-state index in [9.17, 15) is 4.79 Å². The molecule has 0 atom stereocenters. The molecule has 2 heterocycles. The minimum absolute atomic E-state index is 0.178. The maximum absolute atomic E-state index is 12.6. The summed E-state index contributed by atoms with van der Waals surface area (Å²) in [5.41, 5.74) is 2.54. The molecule has 0 amide bonds. The average Bonchev–Trinajstić information content (AvgIpc) is 2.85. The molecular weight excluding hydrogens is 328 g/mol. The Balaban J connectivity index is 2.04. The Labute approximate surface area is 143 Å². The van der Waals surface area contributed by atoms with Crippen LogP contribution in [0.25, 0.3) is 5.95 Å². The third-order valence-corrected chi connectivity index (χ3v) is 3.95. The molecule has 0 saturated carbocycles. The van der Waals surface area contributed by atoms with Gasteiger partial charge in [0, 0.05) is 11.3 Å². The second-order valence-corrected chi connectivity index (χ2v) is 5.64. The molecule has 0 bridgehead atoms. The van der Waals surface area contributed by atoms with Crippen LogP contribution in [0.3, 0.4) is 0 Å². The number of aromatic nitrogens is 4. The highest BCUT2D eigenvalue weighted by Gasteiger charge is 2.16.